The van der Waals surface area contributed by atoms with Crippen molar-refractivity contribution < 1.29 is 23.8 Å². The van der Waals surface area contributed by atoms with Crippen molar-refractivity contribution in [3.8, 4) is 5.75 Å². The fourth-order valence-corrected chi connectivity index (χ4v) is 4.76. The van der Waals surface area contributed by atoms with Crippen molar-refractivity contribution in [3.05, 3.63) is 77.1 Å². The third kappa shape index (κ3) is 8.60. The highest BCUT2D eigenvalue weighted by Crippen LogP contribution is 2.34. The zero-order valence-electron chi connectivity index (χ0n) is 21.9. The number of nitrogens with one attached hydrogen (secondary N) is 1. The van der Waals surface area contributed by atoms with E-state index in [1.165, 1.54) is 18.2 Å². The molecule has 1 aliphatic rings. The summed E-state index contributed by atoms with van der Waals surface area (Å²) in [6.07, 6.45) is 1.64. The second kappa shape index (κ2) is 13.4. The first-order valence-corrected chi connectivity index (χ1v) is 12.9. The molecule has 0 spiro atoms. The summed E-state index contributed by atoms with van der Waals surface area (Å²) < 4.78 is 19.7. The van der Waals surface area contributed by atoms with Gasteiger partial charge in [-0.1, -0.05) is 42.0 Å². The van der Waals surface area contributed by atoms with E-state index in [2.05, 4.69) is 28.3 Å². The molecule has 1 fully saturated rings. The van der Waals surface area contributed by atoms with E-state index in [4.69, 9.17) is 21.4 Å². The van der Waals surface area contributed by atoms with Gasteiger partial charge in [-0.15, -0.1) is 0 Å². The highest BCUT2D eigenvalue weighted by atomic mass is 35.5. The number of anilines is 2. The van der Waals surface area contributed by atoms with Gasteiger partial charge in [0.2, 0.25) is 5.91 Å². The van der Waals surface area contributed by atoms with Gasteiger partial charge in [-0.05, 0) is 56.5 Å². The fraction of sp³-hybridized carbons (Fsp3) is 0.379. The van der Waals surface area contributed by atoms with Crippen LogP contribution < -0.4 is 15.0 Å². The molecule has 38 heavy (non-hydrogen) atoms. The number of rotatable bonds is 12. The van der Waals surface area contributed by atoms with E-state index in [9.17, 15) is 14.0 Å². The van der Waals surface area contributed by atoms with E-state index in [1.54, 1.807) is 12.1 Å². The molecule has 1 amide bonds. The standard InChI is InChI=1S/C29H35ClFN3O4/c1-19(2)16-33-11-9-23(10-12-33)34(17-20(3)4)27-8-7-24(38-18-29(36)37)15-26(27)32-28(35)13-21-5-6-22(30)14-25(21)31/h5-8,14-15,23H,1,3,9-13,16-18H2,2,4H3,(H,32,35)(H,36,37). The Balaban J connectivity index is 1.89. The van der Waals surface area contributed by atoms with Crippen LogP contribution in [0.15, 0.2) is 60.7 Å². The van der Waals surface area contributed by atoms with Crippen molar-refractivity contribution in [1.29, 1.82) is 0 Å². The number of aliphatic carboxylic acids is 1. The number of hydrogen-bond donors (Lipinski definition) is 2. The molecule has 0 radical (unpaired) electrons. The number of ether oxygens (including phenoxy) is 1. The van der Waals surface area contributed by atoms with Crippen LogP contribution in [-0.4, -0.2) is 60.7 Å². The number of amides is 1. The molecule has 0 atom stereocenters. The van der Waals surface area contributed by atoms with E-state index in [0.717, 1.165) is 49.3 Å². The number of carbonyl (C=O) groups excluding carboxylic acids is 1. The number of carboxylic acid groups (broad SMARTS) is 1. The van der Waals surface area contributed by atoms with Crippen LogP contribution in [0.1, 0.15) is 32.3 Å². The molecule has 2 aromatic rings. The minimum atomic E-state index is -1.11. The van der Waals surface area contributed by atoms with Gasteiger partial charge in [-0.2, -0.15) is 0 Å². The first-order chi connectivity index (χ1) is 18.0. The monoisotopic (exact) mass is 543 g/mol. The maximum absolute atomic E-state index is 14.3. The average molecular weight is 544 g/mol. The van der Waals surface area contributed by atoms with Crippen LogP contribution in [0.4, 0.5) is 15.8 Å². The van der Waals surface area contributed by atoms with Crippen molar-refractivity contribution in [2.24, 2.45) is 0 Å². The lowest BCUT2D eigenvalue weighted by Crippen LogP contribution is -2.46. The molecule has 2 aromatic carbocycles. The molecule has 0 aromatic heterocycles. The van der Waals surface area contributed by atoms with Crippen LogP contribution in [0.3, 0.4) is 0 Å². The predicted octanol–water partition coefficient (Wildman–Crippen LogP) is 5.55. The summed E-state index contributed by atoms with van der Waals surface area (Å²) in [6, 6.07) is 9.50. The Kier molecular flexibility index (Phi) is 10.3. The minimum Gasteiger partial charge on any atom is -0.482 e. The fourth-order valence-electron chi connectivity index (χ4n) is 4.61. The van der Waals surface area contributed by atoms with Gasteiger partial charge in [0.15, 0.2) is 6.61 Å². The number of carboxylic acids is 1. The summed E-state index contributed by atoms with van der Waals surface area (Å²) in [5.41, 5.74) is 3.52. The number of benzene rings is 2. The summed E-state index contributed by atoms with van der Waals surface area (Å²) in [6.45, 7) is 14.9. The van der Waals surface area contributed by atoms with E-state index >= 15 is 0 Å². The van der Waals surface area contributed by atoms with Crippen molar-refractivity contribution in [1.82, 2.24) is 4.90 Å². The van der Waals surface area contributed by atoms with Gasteiger partial charge in [0.25, 0.3) is 0 Å². The molecule has 0 saturated carbocycles. The van der Waals surface area contributed by atoms with E-state index in [-0.39, 0.29) is 23.0 Å². The van der Waals surface area contributed by atoms with Crippen molar-refractivity contribution in [3.63, 3.8) is 0 Å². The lowest BCUT2D eigenvalue weighted by Gasteiger charge is -2.41. The number of likely N-dealkylation sites (tertiary alicyclic amines) is 1. The minimum absolute atomic E-state index is 0.192. The molecule has 7 nitrogen and oxygen atoms in total. The van der Waals surface area contributed by atoms with Crippen LogP contribution in [0, 0.1) is 5.82 Å². The second-order valence-electron chi connectivity index (χ2n) is 9.87. The number of halogens is 2. The molecule has 0 bridgehead atoms. The Morgan fingerprint density at radius 2 is 1.87 bits per heavy atom. The zero-order chi connectivity index (χ0) is 27.8. The molecule has 3 rings (SSSR count). The first-order valence-electron chi connectivity index (χ1n) is 12.5. The maximum Gasteiger partial charge on any atom is 0.341 e. The largest absolute Gasteiger partial charge is 0.482 e. The Bertz CT molecular complexity index is 1190. The van der Waals surface area contributed by atoms with Crippen LogP contribution >= 0.6 is 11.6 Å². The molecule has 1 aliphatic heterocycles. The Hall–Kier alpha value is -3.36. The summed E-state index contributed by atoms with van der Waals surface area (Å²) in [7, 11) is 0. The smallest absolute Gasteiger partial charge is 0.341 e. The summed E-state index contributed by atoms with van der Waals surface area (Å²) in [4.78, 5) is 28.6. The van der Waals surface area contributed by atoms with E-state index < -0.39 is 24.3 Å². The molecule has 2 N–H and O–H groups in total. The molecule has 204 valence electrons. The summed E-state index contributed by atoms with van der Waals surface area (Å²) in [5, 5.41) is 12.2. The summed E-state index contributed by atoms with van der Waals surface area (Å²) >= 11 is 5.84. The SMILES string of the molecule is C=C(C)CN1CCC(N(CC(=C)C)c2ccc(OCC(=O)O)cc2NC(=O)Cc2ccc(Cl)cc2F)CC1. The Morgan fingerprint density at radius 3 is 2.47 bits per heavy atom. The van der Waals surface area contributed by atoms with Crippen LogP contribution in [0.5, 0.6) is 5.75 Å². The first kappa shape index (κ1) is 29.2. The molecule has 9 heteroatoms. The molecular weight excluding hydrogens is 509 g/mol. The van der Waals surface area contributed by atoms with Gasteiger partial charge in [0.05, 0.1) is 17.8 Å². The molecule has 0 unspecified atom stereocenters. The van der Waals surface area contributed by atoms with E-state index in [0.29, 0.717) is 18.0 Å². The number of nitrogens with zero attached hydrogens (tertiary/aromatic N) is 2. The summed E-state index contributed by atoms with van der Waals surface area (Å²) in [5.74, 6) is -1.79. The highest BCUT2D eigenvalue weighted by molar-refractivity contribution is 6.30. The van der Waals surface area contributed by atoms with Crippen LogP contribution in [-0.2, 0) is 16.0 Å². The number of hydrogen-bond acceptors (Lipinski definition) is 5. The predicted molar refractivity (Wildman–Crippen MR) is 150 cm³/mol. The number of piperidine rings is 1. The van der Waals surface area contributed by atoms with Crippen molar-refractivity contribution in [2.75, 3.05) is 43.0 Å². The molecule has 0 aliphatic carbocycles. The molecule has 1 heterocycles. The zero-order valence-corrected chi connectivity index (χ0v) is 22.7. The lowest BCUT2D eigenvalue weighted by atomic mass is 10.0. The maximum atomic E-state index is 14.3. The van der Waals surface area contributed by atoms with Gasteiger partial charge in [-0.25, -0.2) is 9.18 Å². The Labute approximate surface area is 228 Å². The van der Waals surface area contributed by atoms with Gasteiger partial charge in [0, 0.05) is 43.3 Å². The quantitative estimate of drug-likeness (QED) is 0.342. The third-order valence-electron chi connectivity index (χ3n) is 6.21. The lowest BCUT2D eigenvalue weighted by molar-refractivity contribution is -0.139. The van der Waals surface area contributed by atoms with Gasteiger partial charge in [-0.3, -0.25) is 9.69 Å². The van der Waals surface area contributed by atoms with Crippen molar-refractivity contribution >= 4 is 34.9 Å². The van der Waals surface area contributed by atoms with Crippen molar-refractivity contribution in [2.45, 2.75) is 39.2 Å². The number of carbonyl (C=O) groups is 2. The van der Waals surface area contributed by atoms with Crippen LogP contribution in [0.25, 0.3) is 0 Å². The second-order valence-corrected chi connectivity index (χ2v) is 10.3. The van der Waals surface area contributed by atoms with Gasteiger partial charge >= 0.3 is 5.97 Å². The van der Waals surface area contributed by atoms with Crippen LogP contribution in [0.2, 0.25) is 5.02 Å². The van der Waals surface area contributed by atoms with Gasteiger partial charge < -0.3 is 20.1 Å². The van der Waals surface area contributed by atoms with E-state index in [1.807, 2.05) is 19.9 Å². The molecular formula is C29H35ClFN3O4. The van der Waals surface area contributed by atoms with Gasteiger partial charge in [0.1, 0.15) is 11.6 Å². The molecule has 1 saturated heterocycles. The average Bonchev–Trinajstić information content (AvgIpc) is 2.83. The highest BCUT2D eigenvalue weighted by Gasteiger charge is 2.27. The normalized spacial score (nSPS) is 14.1. The topological polar surface area (TPSA) is 82.1 Å². The Morgan fingerprint density at radius 1 is 1.16 bits per heavy atom. The third-order valence-corrected chi connectivity index (χ3v) is 6.45.